The van der Waals surface area contributed by atoms with Gasteiger partial charge in [0.15, 0.2) is 0 Å². The Hall–Kier alpha value is -1.11. The lowest BCUT2D eigenvalue weighted by molar-refractivity contribution is -0.115. The number of alkyl halides is 1. The van der Waals surface area contributed by atoms with Crippen LogP contribution in [0.5, 0.6) is 0 Å². The molecule has 0 saturated carbocycles. The molecule has 0 spiro atoms. The molecule has 1 heterocycles. The van der Waals surface area contributed by atoms with E-state index in [0.717, 1.165) is 25.7 Å². The van der Waals surface area contributed by atoms with E-state index in [2.05, 4.69) is 5.32 Å². The molecule has 1 aromatic rings. The van der Waals surface area contributed by atoms with Crippen LogP contribution in [0.3, 0.4) is 0 Å². The SMILES string of the molecule is CC(Cl)C(=O)Nc1ccc(S(=O)(=O)N2CCCCCC2)cc1. The summed E-state index contributed by atoms with van der Waals surface area (Å²) in [5, 5.41) is 1.99. The molecule has 22 heavy (non-hydrogen) atoms. The molecule has 1 fully saturated rings. The number of nitrogens with one attached hydrogen (secondary N) is 1. The number of anilines is 1. The highest BCUT2D eigenvalue weighted by atomic mass is 35.5. The van der Waals surface area contributed by atoms with Crippen LogP contribution in [0.1, 0.15) is 32.6 Å². The van der Waals surface area contributed by atoms with Crippen LogP contribution in [0.2, 0.25) is 0 Å². The van der Waals surface area contributed by atoms with E-state index in [9.17, 15) is 13.2 Å². The van der Waals surface area contributed by atoms with Crippen molar-refractivity contribution in [3.05, 3.63) is 24.3 Å². The van der Waals surface area contributed by atoms with Crippen molar-refractivity contribution in [2.45, 2.75) is 42.9 Å². The van der Waals surface area contributed by atoms with Gasteiger partial charge in [-0.15, -0.1) is 11.6 Å². The first-order chi connectivity index (χ1) is 10.4. The van der Waals surface area contributed by atoms with Gasteiger partial charge in [0.25, 0.3) is 0 Å². The smallest absolute Gasteiger partial charge is 0.243 e. The molecule has 1 aromatic carbocycles. The van der Waals surface area contributed by atoms with E-state index >= 15 is 0 Å². The van der Waals surface area contributed by atoms with Crippen molar-refractivity contribution in [3.63, 3.8) is 0 Å². The number of hydrogen-bond acceptors (Lipinski definition) is 3. The maximum atomic E-state index is 12.6. The highest BCUT2D eigenvalue weighted by molar-refractivity contribution is 7.89. The Morgan fingerprint density at radius 2 is 1.68 bits per heavy atom. The molecular formula is C15H21ClN2O3S. The second kappa shape index (κ2) is 7.44. The Balaban J connectivity index is 2.13. The number of carbonyl (C=O) groups excluding carboxylic acids is 1. The molecule has 1 N–H and O–H groups in total. The van der Waals surface area contributed by atoms with Crippen molar-refractivity contribution in [2.24, 2.45) is 0 Å². The molecule has 7 heteroatoms. The van der Waals surface area contributed by atoms with Crippen LogP contribution in [0.15, 0.2) is 29.2 Å². The standard InChI is InChI=1S/C15H21ClN2O3S/c1-12(16)15(19)17-13-6-8-14(9-7-13)22(20,21)18-10-4-2-3-5-11-18/h6-9,12H,2-5,10-11H2,1H3,(H,17,19). The van der Waals surface area contributed by atoms with Crippen molar-refractivity contribution < 1.29 is 13.2 Å². The van der Waals surface area contributed by atoms with Crippen LogP contribution in [0.4, 0.5) is 5.69 Å². The molecule has 122 valence electrons. The lowest BCUT2D eigenvalue weighted by Gasteiger charge is -2.20. The average molecular weight is 345 g/mol. The summed E-state index contributed by atoms with van der Waals surface area (Å²) in [6.07, 6.45) is 3.96. The molecule has 1 aliphatic heterocycles. The number of benzene rings is 1. The molecule has 5 nitrogen and oxygen atoms in total. The normalized spacial score (nSPS) is 18.5. The molecule has 0 bridgehead atoms. The van der Waals surface area contributed by atoms with E-state index in [1.54, 1.807) is 23.4 Å². The number of nitrogens with zero attached hydrogens (tertiary/aromatic N) is 1. The van der Waals surface area contributed by atoms with Gasteiger partial charge in [0, 0.05) is 18.8 Å². The predicted molar refractivity (Wildman–Crippen MR) is 87.6 cm³/mol. The summed E-state index contributed by atoms with van der Waals surface area (Å²) in [5.41, 5.74) is 0.535. The van der Waals surface area contributed by atoms with Gasteiger partial charge in [0.1, 0.15) is 5.38 Å². The highest BCUT2D eigenvalue weighted by Gasteiger charge is 2.25. The zero-order valence-corrected chi connectivity index (χ0v) is 14.2. The molecule has 0 aliphatic carbocycles. The van der Waals surface area contributed by atoms with Crippen molar-refractivity contribution in [3.8, 4) is 0 Å². The molecule has 0 radical (unpaired) electrons. The fraction of sp³-hybridized carbons (Fsp3) is 0.533. The summed E-state index contributed by atoms with van der Waals surface area (Å²) in [6, 6.07) is 6.22. The van der Waals surface area contributed by atoms with Gasteiger partial charge in [-0.25, -0.2) is 8.42 Å². The van der Waals surface area contributed by atoms with Gasteiger partial charge in [-0.2, -0.15) is 4.31 Å². The van der Waals surface area contributed by atoms with E-state index in [0.29, 0.717) is 18.8 Å². The number of sulfonamides is 1. The third-order valence-electron chi connectivity index (χ3n) is 3.69. The fourth-order valence-corrected chi connectivity index (χ4v) is 3.95. The quantitative estimate of drug-likeness (QED) is 0.854. The number of rotatable bonds is 4. The van der Waals surface area contributed by atoms with Gasteiger partial charge in [0.05, 0.1) is 4.90 Å². The van der Waals surface area contributed by atoms with Gasteiger partial charge in [0.2, 0.25) is 15.9 Å². The number of halogens is 1. The van der Waals surface area contributed by atoms with Crippen molar-refractivity contribution in [1.82, 2.24) is 4.31 Å². The number of hydrogen-bond donors (Lipinski definition) is 1. The Morgan fingerprint density at radius 1 is 1.14 bits per heavy atom. The molecule has 1 atom stereocenters. The van der Waals surface area contributed by atoms with Crippen molar-refractivity contribution in [1.29, 1.82) is 0 Å². The van der Waals surface area contributed by atoms with Crippen LogP contribution in [0.25, 0.3) is 0 Å². The van der Waals surface area contributed by atoms with E-state index in [1.807, 2.05) is 0 Å². The Bertz CT molecular complexity index is 606. The largest absolute Gasteiger partial charge is 0.325 e. The first-order valence-electron chi connectivity index (χ1n) is 7.46. The highest BCUT2D eigenvalue weighted by Crippen LogP contribution is 2.21. The maximum absolute atomic E-state index is 12.6. The Labute approximate surface area is 136 Å². The second-order valence-electron chi connectivity index (χ2n) is 5.45. The van der Waals surface area contributed by atoms with Gasteiger partial charge < -0.3 is 5.32 Å². The minimum atomic E-state index is -3.45. The molecule has 1 unspecified atom stereocenters. The van der Waals surface area contributed by atoms with Gasteiger partial charge in [-0.3, -0.25) is 4.79 Å². The summed E-state index contributed by atoms with van der Waals surface area (Å²) < 4.78 is 26.7. The topological polar surface area (TPSA) is 66.5 Å². The summed E-state index contributed by atoms with van der Waals surface area (Å²) in [6.45, 7) is 2.73. The lowest BCUT2D eigenvalue weighted by atomic mass is 10.2. The zero-order valence-electron chi connectivity index (χ0n) is 12.6. The van der Waals surface area contributed by atoms with Crippen LogP contribution >= 0.6 is 11.6 Å². The van der Waals surface area contributed by atoms with Crippen LogP contribution in [0, 0.1) is 0 Å². The van der Waals surface area contributed by atoms with E-state index in [4.69, 9.17) is 11.6 Å². The number of carbonyl (C=O) groups is 1. The molecule has 1 saturated heterocycles. The van der Waals surface area contributed by atoms with Crippen LogP contribution < -0.4 is 5.32 Å². The Morgan fingerprint density at radius 3 is 2.18 bits per heavy atom. The lowest BCUT2D eigenvalue weighted by Crippen LogP contribution is -2.31. The van der Waals surface area contributed by atoms with E-state index in [1.165, 1.54) is 12.1 Å². The Kier molecular flexibility index (Phi) is 5.83. The molecule has 1 aliphatic rings. The molecule has 2 rings (SSSR count). The molecule has 1 amide bonds. The zero-order chi connectivity index (χ0) is 16.2. The van der Waals surface area contributed by atoms with Crippen molar-refractivity contribution >= 4 is 33.2 Å². The summed E-state index contributed by atoms with van der Waals surface area (Å²) in [7, 11) is -3.45. The van der Waals surface area contributed by atoms with E-state index in [-0.39, 0.29) is 10.8 Å². The van der Waals surface area contributed by atoms with Crippen LogP contribution in [-0.4, -0.2) is 37.1 Å². The third-order valence-corrected chi connectivity index (χ3v) is 5.80. The fourth-order valence-electron chi connectivity index (χ4n) is 2.38. The van der Waals surface area contributed by atoms with Crippen molar-refractivity contribution in [2.75, 3.05) is 18.4 Å². The predicted octanol–water partition coefficient (Wildman–Crippen LogP) is 2.82. The van der Waals surface area contributed by atoms with E-state index < -0.39 is 15.4 Å². The molecular weight excluding hydrogens is 324 g/mol. The van der Waals surface area contributed by atoms with Gasteiger partial charge >= 0.3 is 0 Å². The first-order valence-corrected chi connectivity index (χ1v) is 9.34. The molecule has 0 aromatic heterocycles. The minimum absolute atomic E-state index is 0.256. The van der Waals surface area contributed by atoms with Gasteiger partial charge in [-0.1, -0.05) is 12.8 Å². The summed E-state index contributed by atoms with van der Waals surface area (Å²) in [5.74, 6) is -0.315. The minimum Gasteiger partial charge on any atom is -0.325 e. The van der Waals surface area contributed by atoms with Crippen LogP contribution in [-0.2, 0) is 14.8 Å². The number of amides is 1. The second-order valence-corrected chi connectivity index (χ2v) is 8.04. The monoisotopic (exact) mass is 344 g/mol. The first kappa shape index (κ1) is 17.2. The average Bonchev–Trinajstić information content (AvgIpc) is 2.77. The maximum Gasteiger partial charge on any atom is 0.243 e. The summed E-state index contributed by atoms with van der Waals surface area (Å²) in [4.78, 5) is 11.8. The summed E-state index contributed by atoms with van der Waals surface area (Å²) >= 11 is 5.68. The van der Waals surface area contributed by atoms with Gasteiger partial charge in [-0.05, 0) is 44.0 Å². The third kappa shape index (κ3) is 4.21.